The summed E-state index contributed by atoms with van der Waals surface area (Å²) in [7, 11) is -1.31. The maximum absolute atomic E-state index is 12.5. The predicted molar refractivity (Wildman–Crippen MR) is 98.5 cm³/mol. The number of esters is 1. The van der Waals surface area contributed by atoms with Gasteiger partial charge in [0.2, 0.25) is 12.2 Å². The third-order valence-corrected chi connectivity index (χ3v) is 3.87. The van der Waals surface area contributed by atoms with E-state index in [0.29, 0.717) is 5.56 Å². The van der Waals surface area contributed by atoms with Gasteiger partial charge in [-0.15, -0.1) is 0 Å². The molecule has 2 rings (SSSR count). The van der Waals surface area contributed by atoms with E-state index in [9.17, 15) is 19.4 Å². The second kappa shape index (κ2) is 9.45. The lowest BCUT2D eigenvalue weighted by molar-refractivity contribution is -0.121. The van der Waals surface area contributed by atoms with Gasteiger partial charge in [0.1, 0.15) is 11.3 Å². The molecule has 2 atom stereocenters. The van der Waals surface area contributed by atoms with Crippen molar-refractivity contribution in [2.75, 3.05) is 0 Å². The first-order chi connectivity index (χ1) is 13.2. The number of carbonyl (C=O) groups is 3. The van der Waals surface area contributed by atoms with Crippen molar-refractivity contribution in [2.24, 2.45) is 0 Å². The lowest BCUT2D eigenvalue weighted by atomic mass is 9.72. The molecule has 10 heteroatoms. The molecular formula is C18H24BNO8. The number of hydrogen-bond acceptors (Lipinski definition) is 8. The highest BCUT2D eigenvalue weighted by molar-refractivity contribution is 6.47. The molecule has 0 saturated heterocycles. The first kappa shape index (κ1) is 21.6. The highest BCUT2D eigenvalue weighted by Crippen LogP contribution is 2.31. The average molecular weight is 393 g/mol. The Labute approximate surface area is 163 Å². The Balaban J connectivity index is 2.08. The number of benzene rings is 1. The van der Waals surface area contributed by atoms with Crippen molar-refractivity contribution < 1.29 is 38.3 Å². The number of para-hydroxylation sites is 1. The van der Waals surface area contributed by atoms with E-state index in [1.165, 1.54) is 13.0 Å². The number of rotatable bonds is 6. The summed E-state index contributed by atoms with van der Waals surface area (Å²) in [4.78, 5) is 35.5. The monoisotopic (exact) mass is 393 g/mol. The zero-order chi connectivity index (χ0) is 20.8. The van der Waals surface area contributed by atoms with Crippen LogP contribution >= 0.6 is 0 Å². The van der Waals surface area contributed by atoms with Crippen molar-refractivity contribution in [3.63, 3.8) is 0 Å². The molecule has 0 bridgehead atoms. The van der Waals surface area contributed by atoms with Gasteiger partial charge in [0.25, 0.3) is 0 Å². The highest BCUT2D eigenvalue weighted by Gasteiger charge is 2.37. The Morgan fingerprint density at radius 3 is 2.61 bits per heavy atom. The second-order valence-electron chi connectivity index (χ2n) is 6.54. The normalized spacial score (nSPS) is 16.5. The summed E-state index contributed by atoms with van der Waals surface area (Å²) in [6, 6.07) is 4.83. The number of amides is 1. The van der Waals surface area contributed by atoms with Crippen molar-refractivity contribution in [3.05, 3.63) is 29.3 Å². The fourth-order valence-corrected chi connectivity index (χ4v) is 2.61. The number of hydrogen-bond donors (Lipinski definition) is 2. The van der Waals surface area contributed by atoms with Gasteiger partial charge >= 0.3 is 19.2 Å². The lowest BCUT2D eigenvalue weighted by Crippen LogP contribution is -2.53. The second-order valence-corrected chi connectivity index (χ2v) is 6.54. The van der Waals surface area contributed by atoms with Crippen LogP contribution in [0.5, 0.6) is 5.75 Å². The molecule has 0 aliphatic carbocycles. The van der Waals surface area contributed by atoms with E-state index in [1.807, 2.05) is 0 Å². The molecule has 0 aromatic heterocycles. The largest absolute Gasteiger partial charge is 0.547 e. The van der Waals surface area contributed by atoms with Crippen LogP contribution in [-0.2, 0) is 25.4 Å². The first-order valence-corrected chi connectivity index (χ1v) is 9.05. The van der Waals surface area contributed by atoms with E-state index in [0.717, 1.165) is 0 Å². The molecule has 28 heavy (non-hydrogen) atoms. The van der Waals surface area contributed by atoms with Gasteiger partial charge in [-0.3, -0.25) is 4.79 Å². The number of ether oxygens (including phenoxy) is 3. The Morgan fingerprint density at radius 2 is 1.96 bits per heavy atom. The number of fused-ring (bicyclic) bond motifs is 1. The Hall–Kier alpha value is -2.75. The van der Waals surface area contributed by atoms with Crippen LogP contribution in [0.1, 0.15) is 50.0 Å². The Bertz CT molecular complexity index is 738. The minimum Gasteiger partial charge on any atom is -0.534 e. The minimum absolute atomic E-state index is 0.0736. The van der Waals surface area contributed by atoms with Crippen molar-refractivity contribution in [2.45, 2.75) is 58.9 Å². The van der Waals surface area contributed by atoms with Crippen LogP contribution in [0.15, 0.2) is 18.2 Å². The van der Waals surface area contributed by atoms with Crippen LogP contribution < -0.4 is 9.97 Å². The van der Waals surface area contributed by atoms with Gasteiger partial charge in [-0.1, -0.05) is 19.1 Å². The van der Waals surface area contributed by atoms with E-state index >= 15 is 0 Å². The lowest BCUT2D eigenvalue weighted by Gasteiger charge is -2.29. The van der Waals surface area contributed by atoms with Crippen molar-refractivity contribution in [3.8, 4) is 5.75 Å². The number of nitrogens with one attached hydrogen (secondary N) is 1. The van der Waals surface area contributed by atoms with Gasteiger partial charge in [-0.25, -0.2) is 9.59 Å². The third-order valence-electron chi connectivity index (χ3n) is 3.87. The van der Waals surface area contributed by atoms with Crippen molar-refractivity contribution in [1.82, 2.24) is 5.32 Å². The summed E-state index contributed by atoms with van der Waals surface area (Å²) < 4.78 is 20.2. The minimum atomic E-state index is -1.31. The van der Waals surface area contributed by atoms with Crippen LogP contribution in [0.25, 0.3) is 0 Å². The molecule has 2 N–H and O–H groups in total. The van der Waals surface area contributed by atoms with Gasteiger partial charge < -0.3 is 29.2 Å². The summed E-state index contributed by atoms with van der Waals surface area (Å²) in [5, 5.41) is 12.9. The van der Waals surface area contributed by atoms with Crippen molar-refractivity contribution in [1.29, 1.82) is 0 Å². The molecule has 0 saturated carbocycles. The molecule has 0 fully saturated rings. The summed E-state index contributed by atoms with van der Waals surface area (Å²) in [5.41, 5.74) is 0.707. The molecule has 1 aromatic rings. The van der Waals surface area contributed by atoms with Crippen LogP contribution in [0.3, 0.4) is 0 Å². The fraction of sp³-hybridized carbons (Fsp3) is 0.500. The van der Waals surface area contributed by atoms with Crippen LogP contribution in [-0.4, -0.2) is 48.5 Å². The van der Waals surface area contributed by atoms with Crippen LogP contribution in [0, 0.1) is 0 Å². The first-order valence-electron chi connectivity index (χ1n) is 9.05. The Morgan fingerprint density at radius 1 is 1.25 bits per heavy atom. The molecule has 0 spiro atoms. The molecule has 1 aliphatic heterocycles. The SMILES string of the molecule is CCC(=O)N[C@H]1Cc2cccc(C(=O)O[C@@H](C)OC(=O)OC(C)C)c2OB1O. The molecular weight excluding hydrogens is 369 g/mol. The highest BCUT2D eigenvalue weighted by atomic mass is 16.8. The average Bonchev–Trinajstić information content (AvgIpc) is 2.60. The predicted octanol–water partition coefficient (Wildman–Crippen LogP) is 1.60. The quantitative estimate of drug-likeness (QED) is 0.425. The van der Waals surface area contributed by atoms with E-state index in [-0.39, 0.29) is 36.2 Å². The molecule has 0 radical (unpaired) electrons. The van der Waals surface area contributed by atoms with Gasteiger partial charge in [-0.05, 0) is 31.9 Å². The van der Waals surface area contributed by atoms with Gasteiger partial charge in [0, 0.05) is 13.3 Å². The van der Waals surface area contributed by atoms with E-state index in [2.05, 4.69) is 5.32 Å². The van der Waals surface area contributed by atoms with E-state index < -0.39 is 31.5 Å². The maximum atomic E-state index is 12.5. The third kappa shape index (κ3) is 5.62. The van der Waals surface area contributed by atoms with E-state index in [4.69, 9.17) is 18.9 Å². The summed E-state index contributed by atoms with van der Waals surface area (Å²) in [6.07, 6.45) is -1.94. The van der Waals surface area contributed by atoms with E-state index in [1.54, 1.807) is 32.9 Å². The molecule has 1 heterocycles. The van der Waals surface area contributed by atoms with Gasteiger partial charge in [-0.2, -0.15) is 0 Å². The smallest absolute Gasteiger partial charge is 0.534 e. The van der Waals surface area contributed by atoms with Gasteiger partial charge in [0.05, 0.1) is 12.0 Å². The molecule has 152 valence electrons. The molecule has 0 unspecified atom stereocenters. The fourth-order valence-electron chi connectivity index (χ4n) is 2.61. The zero-order valence-corrected chi connectivity index (χ0v) is 16.3. The molecule has 1 aliphatic rings. The van der Waals surface area contributed by atoms with Gasteiger partial charge in [0.15, 0.2) is 0 Å². The topological polar surface area (TPSA) is 120 Å². The number of carbonyl (C=O) groups excluding carboxylic acids is 3. The molecule has 1 amide bonds. The van der Waals surface area contributed by atoms with Crippen molar-refractivity contribution >= 4 is 25.2 Å². The maximum Gasteiger partial charge on any atom is 0.547 e. The zero-order valence-electron chi connectivity index (χ0n) is 16.3. The Kier molecular flexibility index (Phi) is 7.27. The summed E-state index contributed by atoms with van der Waals surface area (Å²) >= 11 is 0. The summed E-state index contributed by atoms with van der Waals surface area (Å²) in [5.74, 6) is -1.46. The molecule has 1 aromatic carbocycles. The summed E-state index contributed by atoms with van der Waals surface area (Å²) in [6.45, 7) is 6.40. The van der Waals surface area contributed by atoms with Crippen LogP contribution in [0.2, 0.25) is 0 Å². The molecule has 9 nitrogen and oxygen atoms in total. The van der Waals surface area contributed by atoms with Crippen LogP contribution in [0.4, 0.5) is 4.79 Å². The standard InChI is InChI=1S/C18H24BNO8/c1-5-15(21)20-14-9-12-7-6-8-13(16(12)28-19(14)24)17(22)26-11(4)27-18(23)25-10(2)3/h6-8,10-11,14,24H,5,9H2,1-4H3,(H,20,21)/t11-,14+/m1/s1.